The van der Waals surface area contributed by atoms with Gasteiger partial charge >= 0.3 is 11.9 Å². The summed E-state index contributed by atoms with van der Waals surface area (Å²) in [7, 11) is -2.63. The fraction of sp³-hybridized carbons (Fsp3) is 0.600. The van der Waals surface area contributed by atoms with Crippen LogP contribution in [0.2, 0.25) is 0 Å². The van der Waals surface area contributed by atoms with Gasteiger partial charge in [-0.05, 0) is 31.0 Å². The number of esters is 2. The number of unbranched alkanes of at least 4 members (excludes halogenated alkanes) is 7. The number of hydrogen-bond donors (Lipinski definition) is 1. The molecule has 0 saturated carbocycles. The van der Waals surface area contributed by atoms with Gasteiger partial charge in [-0.25, -0.2) is 18.0 Å². The van der Waals surface area contributed by atoms with Crippen molar-refractivity contribution in [3.05, 3.63) is 29.3 Å². The van der Waals surface area contributed by atoms with E-state index in [1.54, 1.807) is 0 Å². The number of carbonyl (C=O) groups is 2. The summed E-state index contributed by atoms with van der Waals surface area (Å²) in [6, 6.07) is 2.74. The van der Waals surface area contributed by atoms with Crippen molar-refractivity contribution in [3.8, 4) is 0 Å². The van der Waals surface area contributed by atoms with Gasteiger partial charge in [0.2, 0.25) is 0 Å². The van der Waals surface area contributed by atoms with Gasteiger partial charge in [0.1, 0.15) is 10.1 Å². The Labute approximate surface area is 173 Å². The maximum atomic E-state index is 11.3. The monoisotopic (exact) mass is 431 g/mol. The van der Waals surface area contributed by atoms with Gasteiger partial charge in [-0.2, -0.15) is 0 Å². The molecule has 8 nitrogen and oxygen atoms in total. The fourth-order valence-corrected chi connectivity index (χ4v) is 3.07. The lowest BCUT2D eigenvalue weighted by atomic mass is 10.1. The van der Waals surface area contributed by atoms with Crippen LogP contribution in [0, 0.1) is 0 Å². The van der Waals surface area contributed by atoms with Crippen molar-refractivity contribution < 1.29 is 37.8 Å². The summed E-state index contributed by atoms with van der Waals surface area (Å²) in [5.74, 6) is -1.74. The predicted molar refractivity (Wildman–Crippen MR) is 107 cm³/mol. The third-order valence-electron chi connectivity index (χ3n) is 4.14. The zero-order valence-corrected chi connectivity index (χ0v) is 18.4. The van der Waals surface area contributed by atoms with Gasteiger partial charge in [-0.1, -0.05) is 45.4 Å². The largest absolute Gasteiger partial charge is 0.744 e. The third kappa shape index (κ3) is 11.6. The molecule has 3 N–H and O–H groups in total. The van der Waals surface area contributed by atoms with Crippen molar-refractivity contribution in [1.29, 1.82) is 0 Å². The standard InChI is InChI=1S/C10H23N.C10H10O7S/c1-2-3-4-5-6-7-8-9-10-11;1-16-9(11)6-3-7(10(12)17-2)5-8(4-6)18(13,14)15/h2-11H2,1H3;3-5H,1-2H3,(H,13,14,15). The molecule has 0 spiro atoms. The number of rotatable bonds is 11. The minimum atomic E-state index is -4.80. The third-order valence-corrected chi connectivity index (χ3v) is 4.95. The average Bonchev–Trinajstić information content (AvgIpc) is 2.71. The van der Waals surface area contributed by atoms with Crippen LogP contribution in [0.25, 0.3) is 0 Å². The van der Waals surface area contributed by atoms with Crippen molar-refractivity contribution >= 4 is 22.1 Å². The Morgan fingerprint density at radius 1 is 0.862 bits per heavy atom. The molecule has 0 aliphatic carbocycles. The van der Waals surface area contributed by atoms with E-state index in [4.69, 9.17) is 0 Å². The molecule has 29 heavy (non-hydrogen) atoms. The van der Waals surface area contributed by atoms with E-state index in [2.05, 4.69) is 22.1 Å². The Hall–Kier alpha value is -1.97. The first-order chi connectivity index (χ1) is 13.7. The summed E-state index contributed by atoms with van der Waals surface area (Å²) >= 11 is 0. The molecular weight excluding hydrogens is 398 g/mol. The molecule has 0 aliphatic rings. The van der Waals surface area contributed by atoms with Gasteiger partial charge in [0.05, 0.1) is 36.8 Å². The first-order valence-electron chi connectivity index (χ1n) is 9.78. The summed E-state index contributed by atoms with van der Waals surface area (Å²) in [6.45, 7) is 3.39. The molecule has 0 heterocycles. The summed E-state index contributed by atoms with van der Waals surface area (Å²) in [5.41, 5.74) is 3.38. The van der Waals surface area contributed by atoms with Crippen LogP contribution in [0.3, 0.4) is 0 Å². The number of hydrogen-bond acceptors (Lipinski definition) is 7. The highest BCUT2D eigenvalue weighted by Crippen LogP contribution is 2.16. The van der Waals surface area contributed by atoms with Crippen molar-refractivity contribution in [2.45, 2.75) is 63.2 Å². The molecule has 0 bridgehead atoms. The van der Waals surface area contributed by atoms with Crippen molar-refractivity contribution in [3.63, 3.8) is 0 Å². The fourth-order valence-electron chi connectivity index (χ4n) is 2.53. The van der Waals surface area contributed by atoms with Crippen molar-refractivity contribution in [2.75, 3.05) is 20.8 Å². The second-order valence-electron chi connectivity index (χ2n) is 6.51. The molecule has 0 atom stereocenters. The summed E-state index contributed by atoms with van der Waals surface area (Å²) < 4.78 is 41.5. The number of ether oxygens (including phenoxy) is 2. The first kappa shape index (κ1) is 27.0. The second kappa shape index (κ2) is 14.9. The smallest absolute Gasteiger partial charge is 0.337 e. The quantitative estimate of drug-likeness (QED) is 0.323. The van der Waals surface area contributed by atoms with E-state index in [9.17, 15) is 22.6 Å². The molecule has 0 saturated heterocycles. The normalized spacial score (nSPS) is 10.7. The number of benzene rings is 1. The zero-order valence-electron chi connectivity index (χ0n) is 17.6. The number of methoxy groups -OCH3 is 2. The molecule has 0 fully saturated rings. The highest BCUT2D eigenvalue weighted by atomic mass is 32.2. The van der Waals surface area contributed by atoms with Crippen LogP contribution in [0.5, 0.6) is 0 Å². The van der Waals surface area contributed by atoms with Crippen LogP contribution in [0.1, 0.15) is 79.0 Å². The molecule has 0 aliphatic heterocycles. The van der Waals surface area contributed by atoms with Crippen molar-refractivity contribution in [1.82, 2.24) is 0 Å². The Morgan fingerprint density at radius 3 is 1.62 bits per heavy atom. The van der Waals surface area contributed by atoms with Crippen molar-refractivity contribution in [2.24, 2.45) is 0 Å². The minimum Gasteiger partial charge on any atom is -0.744 e. The van der Waals surface area contributed by atoms with Crippen LogP contribution in [0.4, 0.5) is 0 Å². The summed E-state index contributed by atoms with van der Waals surface area (Å²) in [5, 5.41) is 0. The number of quaternary nitrogens is 1. The van der Waals surface area contributed by atoms with Gasteiger partial charge < -0.3 is 19.8 Å². The van der Waals surface area contributed by atoms with Gasteiger partial charge in [0, 0.05) is 0 Å². The summed E-state index contributed by atoms with van der Waals surface area (Å²) in [6.07, 6.45) is 11.3. The van der Waals surface area contributed by atoms with E-state index in [1.165, 1.54) is 51.4 Å². The van der Waals surface area contributed by atoms with E-state index >= 15 is 0 Å². The Kier molecular flexibility index (Phi) is 13.9. The van der Waals surface area contributed by atoms with E-state index in [0.29, 0.717) is 0 Å². The van der Waals surface area contributed by atoms with Gasteiger partial charge in [0.15, 0.2) is 0 Å². The lowest BCUT2D eigenvalue weighted by Gasteiger charge is -2.10. The molecule has 1 rings (SSSR count). The topological polar surface area (TPSA) is 137 Å². The lowest BCUT2D eigenvalue weighted by Crippen LogP contribution is -2.50. The molecule has 1 aromatic rings. The van der Waals surface area contributed by atoms with Crippen LogP contribution >= 0.6 is 0 Å². The van der Waals surface area contributed by atoms with E-state index in [0.717, 1.165) is 39.0 Å². The molecule has 166 valence electrons. The maximum Gasteiger partial charge on any atom is 0.337 e. The zero-order chi connectivity index (χ0) is 22.3. The summed E-state index contributed by atoms with van der Waals surface area (Å²) in [4.78, 5) is 21.9. The van der Waals surface area contributed by atoms with Crippen LogP contribution in [-0.2, 0) is 19.6 Å². The maximum absolute atomic E-state index is 11.3. The van der Waals surface area contributed by atoms with E-state index in [-0.39, 0.29) is 11.1 Å². The van der Waals surface area contributed by atoms with Crippen LogP contribution in [0.15, 0.2) is 23.1 Å². The predicted octanol–water partition coefficient (Wildman–Crippen LogP) is 2.53. The van der Waals surface area contributed by atoms with Gasteiger partial charge in [-0.3, -0.25) is 0 Å². The van der Waals surface area contributed by atoms with E-state index in [1.807, 2.05) is 0 Å². The average molecular weight is 432 g/mol. The molecular formula is C20H33NO7S. The second-order valence-corrected chi connectivity index (χ2v) is 7.89. The van der Waals surface area contributed by atoms with E-state index < -0.39 is 27.0 Å². The molecule has 1 aromatic carbocycles. The lowest BCUT2D eigenvalue weighted by molar-refractivity contribution is -0.368. The minimum absolute atomic E-state index is 0.227. The molecule has 0 unspecified atom stereocenters. The molecule has 0 radical (unpaired) electrons. The Balaban J connectivity index is 0.000000614. The highest BCUT2D eigenvalue weighted by Gasteiger charge is 2.16. The van der Waals surface area contributed by atoms with Gasteiger partial charge in [-0.15, -0.1) is 0 Å². The Morgan fingerprint density at radius 2 is 1.28 bits per heavy atom. The first-order valence-corrected chi connectivity index (χ1v) is 11.2. The molecule has 9 heteroatoms. The molecule has 0 aromatic heterocycles. The van der Waals surface area contributed by atoms with Crippen LogP contribution in [-0.4, -0.2) is 45.7 Å². The SMILES string of the molecule is CCCCCCCCCC[NH3+].COC(=O)c1cc(C(=O)OC)cc(S(=O)(=O)[O-])c1. The molecule has 0 amide bonds. The number of carbonyl (C=O) groups excluding carboxylic acids is 2. The van der Waals surface area contributed by atoms with Crippen LogP contribution < -0.4 is 5.73 Å². The highest BCUT2D eigenvalue weighted by molar-refractivity contribution is 7.85. The van der Waals surface area contributed by atoms with Gasteiger partial charge in [0.25, 0.3) is 0 Å². The Bertz CT molecular complexity index is 690.